The van der Waals surface area contributed by atoms with Crippen LogP contribution in [0.2, 0.25) is 5.02 Å². The van der Waals surface area contributed by atoms with Crippen molar-refractivity contribution in [1.29, 1.82) is 0 Å². The lowest BCUT2D eigenvalue weighted by molar-refractivity contribution is -0.143. The molecule has 0 aliphatic carbocycles. The zero-order chi connectivity index (χ0) is 16.8. The number of pyridine rings is 1. The molecule has 5 nitrogen and oxygen atoms in total. The molecule has 23 heavy (non-hydrogen) atoms. The molecule has 1 atom stereocenters. The van der Waals surface area contributed by atoms with Crippen molar-refractivity contribution < 1.29 is 23.4 Å². The summed E-state index contributed by atoms with van der Waals surface area (Å²) in [6.45, 7) is 1.50. The summed E-state index contributed by atoms with van der Waals surface area (Å²) in [5.74, 6) is -0.828. The molecule has 118 valence electrons. The number of ether oxygens (including phenoxy) is 3. The molecule has 0 radical (unpaired) electrons. The summed E-state index contributed by atoms with van der Waals surface area (Å²) < 4.78 is 28.6. The maximum absolute atomic E-state index is 13.6. The van der Waals surface area contributed by atoms with Gasteiger partial charge in [-0.05, 0) is 37.3 Å². The topological polar surface area (TPSA) is 57.7 Å². The first-order chi connectivity index (χ1) is 11.0. The Morgan fingerprint density at radius 3 is 2.61 bits per heavy atom. The Kier molecular flexibility index (Phi) is 5.39. The molecule has 0 bridgehead atoms. The van der Waals surface area contributed by atoms with Crippen LogP contribution in [0.1, 0.15) is 6.92 Å². The van der Waals surface area contributed by atoms with Gasteiger partial charge in [0.15, 0.2) is 11.9 Å². The molecule has 2 rings (SSSR count). The molecular weight excluding hydrogens is 325 g/mol. The molecular formula is C16H11ClFNO4. The van der Waals surface area contributed by atoms with Gasteiger partial charge in [-0.2, -0.15) is 0 Å². The fourth-order valence-corrected chi connectivity index (χ4v) is 1.71. The second-order valence-corrected chi connectivity index (χ2v) is 4.75. The monoisotopic (exact) mass is 335 g/mol. The molecule has 1 unspecified atom stereocenters. The third-order valence-corrected chi connectivity index (χ3v) is 2.82. The number of carbonyl (C=O) groups is 1. The number of benzene rings is 1. The van der Waals surface area contributed by atoms with Gasteiger partial charge in [0.05, 0.1) is 5.02 Å². The van der Waals surface area contributed by atoms with Crippen LogP contribution in [0.15, 0.2) is 36.5 Å². The minimum atomic E-state index is -0.867. The highest BCUT2D eigenvalue weighted by Crippen LogP contribution is 2.26. The minimum absolute atomic E-state index is 0.173. The van der Waals surface area contributed by atoms with Crippen LogP contribution in [0.4, 0.5) is 4.39 Å². The molecule has 0 aliphatic heterocycles. The number of rotatable bonds is 5. The van der Waals surface area contributed by atoms with E-state index in [4.69, 9.17) is 27.5 Å². The third-order valence-electron chi connectivity index (χ3n) is 2.62. The lowest BCUT2D eigenvalue weighted by atomic mass is 10.3. The van der Waals surface area contributed by atoms with Crippen molar-refractivity contribution in [3.63, 3.8) is 0 Å². The summed E-state index contributed by atoms with van der Waals surface area (Å²) in [4.78, 5) is 15.1. The van der Waals surface area contributed by atoms with Crippen molar-refractivity contribution in [2.75, 3.05) is 0 Å². The maximum Gasteiger partial charge on any atom is 0.360 e. The average Bonchev–Trinajstić information content (AvgIpc) is 2.52. The Morgan fingerprint density at radius 2 is 2.00 bits per heavy atom. The smallest absolute Gasteiger partial charge is 0.360 e. The van der Waals surface area contributed by atoms with Crippen molar-refractivity contribution in [3.05, 3.63) is 47.4 Å². The van der Waals surface area contributed by atoms with E-state index < -0.39 is 17.9 Å². The van der Waals surface area contributed by atoms with Crippen LogP contribution >= 0.6 is 11.6 Å². The number of carbonyl (C=O) groups excluding carboxylic acids is 1. The fraction of sp³-hybridized carbons (Fsp3) is 0.125. The molecule has 0 spiro atoms. The number of nitrogens with zero attached hydrogens (tertiary/aromatic N) is 1. The summed E-state index contributed by atoms with van der Waals surface area (Å²) in [6, 6.07) is 7.25. The van der Waals surface area contributed by atoms with Gasteiger partial charge in [0.25, 0.3) is 5.88 Å². The van der Waals surface area contributed by atoms with E-state index in [9.17, 15) is 9.18 Å². The zero-order valence-corrected chi connectivity index (χ0v) is 12.7. The van der Waals surface area contributed by atoms with Gasteiger partial charge in [0.2, 0.25) is 0 Å². The second-order valence-electron chi connectivity index (χ2n) is 4.31. The highest BCUT2D eigenvalue weighted by molar-refractivity contribution is 6.30. The maximum atomic E-state index is 13.6. The van der Waals surface area contributed by atoms with Crippen LogP contribution in [0, 0.1) is 18.3 Å². The van der Waals surface area contributed by atoms with Crippen LogP contribution in [0.25, 0.3) is 0 Å². The molecule has 0 saturated heterocycles. The van der Waals surface area contributed by atoms with Crippen LogP contribution in [0.3, 0.4) is 0 Å². The molecule has 0 saturated carbocycles. The van der Waals surface area contributed by atoms with Crippen molar-refractivity contribution in [2.45, 2.75) is 13.0 Å². The van der Waals surface area contributed by atoms with E-state index in [-0.39, 0.29) is 10.9 Å². The number of aromatic nitrogens is 1. The Hall–Kier alpha value is -2.78. The Balaban J connectivity index is 2.02. The number of terminal acetylenes is 1. The molecule has 0 N–H and O–H groups in total. The molecule has 1 heterocycles. The summed E-state index contributed by atoms with van der Waals surface area (Å²) >= 11 is 5.61. The average molecular weight is 336 g/mol. The molecule has 0 fully saturated rings. The Labute approximate surface area is 137 Å². The molecule has 1 aromatic heterocycles. The lowest BCUT2D eigenvalue weighted by Gasteiger charge is -2.12. The standard InChI is InChI=1S/C16H11ClFNO4/c1-3-21-16(20)10(2)22-12-4-6-13(7-5-12)23-15-14(18)8-11(17)9-19-15/h1,4-10H,2H3. The van der Waals surface area contributed by atoms with Crippen molar-refractivity contribution >= 4 is 17.6 Å². The number of halogens is 2. The highest BCUT2D eigenvalue weighted by atomic mass is 35.5. The minimum Gasteiger partial charge on any atom is -0.479 e. The van der Waals surface area contributed by atoms with Gasteiger partial charge >= 0.3 is 5.97 Å². The van der Waals surface area contributed by atoms with Gasteiger partial charge in [0, 0.05) is 6.20 Å². The van der Waals surface area contributed by atoms with Gasteiger partial charge < -0.3 is 14.2 Å². The summed E-state index contributed by atoms with van der Waals surface area (Å²) in [5.41, 5.74) is 0. The van der Waals surface area contributed by atoms with E-state index in [1.54, 1.807) is 18.2 Å². The van der Waals surface area contributed by atoms with Crippen LogP contribution in [-0.2, 0) is 9.53 Å². The largest absolute Gasteiger partial charge is 0.479 e. The molecule has 0 aliphatic rings. The lowest BCUT2D eigenvalue weighted by Crippen LogP contribution is -2.24. The van der Waals surface area contributed by atoms with E-state index in [0.717, 1.165) is 6.07 Å². The zero-order valence-electron chi connectivity index (χ0n) is 12.0. The molecule has 1 aromatic carbocycles. The summed E-state index contributed by atoms with van der Waals surface area (Å²) in [6.07, 6.45) is 7.05. The van der Waals surface area contributed by atoms with E-state index >= 15 is 0 Å². The normalized spacial score (nSPS) is 11.2. The number of hydrogen-bond acceptors (Lipinski definition) is 5. The quantitative estimate of drug-likeness (QED) is 0.617. The van der Waals surface area contributed by atoms with Crippen molar-refractivity contribution in [2.24, 2.45) is 0 Å². The molecule has 0 amide bonds. The van der Waals surface area contributed by atoms with E-state index in [0.29, 0.717) is 11.5 Å². The van der Waals surface area contributed by atoms with Crippen LogP contribution in [0.5, 0.6) is 17.4 Å². The van der Waals surface area contributed by atoms with Crippen LogP contribution < -0.4 is 9.47 Å². The first kappa shape index (κ1) is 16.6. The van der Waals surface area contributed by atoms with E-state index in [2.05, 4.69) is 9.72 Å². The first-order valence-corrected chi connectivity index (χ1v) is 6.79. The SMILES string of the molecule is C#COC(=O)C(C)Oc1ccc(Oc2ncc(Cl)cc2F)cc1. The van der Waals surface area contributed by atoms with Gasteiger partial charge in [-0.25, -0.2) is 14.2 Å². The Bertz CT molecular complexity index is 743. The predicted molar refractivity (Wildman–Crippen MR) is 80.7 cm³/mol. The van der Waals surface area contributed by atoms with Gasteiger partial charge in [-0.3, -0.25) is 0 Å². The van der Waals surface area contributed by atoms with E-state index in [1.807, 2.05) is 0 Å². The Morgan fingerprint density at radius 1 is 1.35 bits per heavy atom. The van der Waals surface area contributed by atoms with Gasteiger partial charge in [0.1, 0.15) is 17.6 Å². The van der Waals surface area contributed by atoms with Crippen molar-refractivity contribution in [1.82, 2.24) is 4.98 Å². The van der Waals surface area contributed by atoms with Crippen LogP contribution in [-0.4, -0.2) is 17.1 Å². The third kappa shape index (κ3) is 4.59. The van der Waals surface area contributed by atoms with Crippen molar-refractivity contribution in [3.8, 4) is 29.9 Å². The summed E-state index contributed by atoms with van der Waals surface area (Å²) in [5, 5.41) is 0.173. The second kappa shape index (κ2) is 7.47. The fourth-order valence-electron chi connectivity index (χ4n) is 1.57. The predicted octanol–water partition coefficient (Wildman–Crippen LogP) is 3.57. The van der Waals surface area contributed by atoms with Gasteiger partial charge in [-0.15, -0.1) is 0 Å². The first-order valence-electron chi connectivity index (χ1n) is 6.41. The number of esters is 1. The molecule has 2 aromatic rings. The van der Waals surface area contributed by atoms with Gasteiger partial charge in [-0.1, -0.05) is 18.0 Å². The summed E-state index contributed by atoms with van der Waals surface area (Å²) in [7, 11) is 0. The molecule has 7 heteroatoms. The van der Waals surface area contributed by atoms with E-state index in [1.165, 1.54) is 25.3 Å². The highest BCUT2D eigenvalue weighted by Gasteiger charge is 2.16. The number of hydrogen-bond donors (Lipinski definition) is 0.